The van der Waals surface area contributed by atoms with Crippen LogP contribution in [0.5, 0.6) is 5.75 Å². The number of methoxy groups -OCH3 is 1. The molecule has 0 N–H and O–H groups in total. The third-order valence-corrected chi connectivity index (χ3v) is 7.34. The van der Waals surface area contributed by atoms with Gasteiger partial charge in [0.05, 0.1) is 36.2 Å². The number of hydrogen-bond acceptors (Lipinski definition) is 4. The third kappa shape index (κ3) is 4.29. The van der Waals surface area contributed by atoms with Crippen LogP contribution in [0.3, 0.4) is 0 Å². The lowest BCUT2D eigenvalue weighted by molar-refractivity contribution is -0.138. The zero-order valence-electron chi connectivity index (χ0n) is 19.5. The zero-order valence-corrected chi connectivity index (χ0v) is 19.5. The Bertz CT molecular complexity index is 1160. The highest BCUT2D eigenvalue weighted by molar-refractivity contribution is 5.89. The lowest BCUT2D eigenvalue weighted by Crippen LogP contribution is -2.45. The quantitative estimate of drug-likeness (QED) is 0.496. The van der Waals surface area contributed by atoms with Gasteiger partial charge in [0.25, 0.3) is 0 Å². The molecule has 5 rings (SSSR count). The van der Waals surface area contributed by atoms with Crippen molar-refractivity contribution in [2.45, 2.75) is 56.4 Å². The molecule has 1 aromatic heterocycles. The first kappa shape index (κ1) is 22.5. The number of likely N-dealkylation sites (tertiary alicyclic amines) is 1. The molecule has 1 aliphatic heterocycles. The van der Waals surface area contributed by atoms with E-state index in [1.807, 2.05) is 35.2 Å². The van der Waals surface area contributed by atoms with Crippen molar-refractivity contribution in [1.82, 2.24) is 14.9 Å². The van der Waals surface area contributed by atoms with E-state index in [-0.39, 0.29) is 17.8 Å². The second-order valence-electron chi connectivity index (χ2n) is 9.42. The highest BCUT2D eigenvalue weighted by atomic mass is 19.1. The van der Waals surface area contributed by atoms with E-state index in [9.17, 15) is 9.18 Å². The molecule has 1 atom stereocenters. The number of carbonyl (C=O) groups is 1. The molecule has 3 aromatic rings. The van der Waals surface area contributed by atoms with Crippen LogP contribution in [0.15, 0.2) is 60.9 Å². The van der Waals surface area contributed by atoms with Gasteiger partial charge in [0, 0.05) is 19.2 Å². The van der Waals surface area contributed by atoms with E-state index < -0.39 is 5.41 Å². The number of rotatable bonds is 6. The van der Waals surface area contributed by atoms with E-state index in [1.165, 1.54) is 12.1 Å². The fourth-order valence-corrected chi connectivity index (χ4v) is 5.63. The van der Waals surface area contributed by atoms with Gasteiger partial charge in [0.15, 0.2) is 0 Å². The molecule has 1 aliphatic carbocycles. The van der Waals surface area contributed by atoms with E-state index >= 15 is 0 Å². The van der Waals surface area contributed by atoms with E-state index in [2.05, 4.69) is 4.98 Å². The molecule has 1 saturated heterocycles. The number of ether oxygens (including phenoxy) is 1. The smallest absolute Gasteiger partial charge is 0.233 e. The molecular weight excluding hydrogens is 429 g/mol. The maximum Gasteiger partial charge on any atom is 0.233 e. The number of carbonyl (C=O) groups excluding carboxylic acids is 1. The monoisotopic (exact) mass is 459 g/mol. The molecule has 2 heterocycles. The van der Waals surface area contributed by atoms with Gasteiger partial charge in [0.1, 0.15) is 11.6 Å². The topological polar surface area (TPSA) is 55.3 Å². The van der Waals surface area contributed by atoms with Gasteiger partial charge in [-0.1, -0.05) is 37.1 Å². The molecule has 34 heavy (non-hydrogen) atoms. The fraction of sp³-hybridized carbons (Fsp3) is 0.393. The van der Waals surface area contributed by atoms with Crippen LogP contribution in [0.1, 0.15) is 67.1 Å². The molecule has 0 radical (unpaired) electrons. The van der Waals surface area contributed by atoms with Crippen molar-refractivity contribution in [2.75, 3.05) is 13.7 Å². The lowest BCUT2D eigenvalue weighted by atomic mass is 9.77. The first-order valence-electron chi connectivity index (χ1n) is 12.1. The minimum Gasteiger partial charge on any atom is -0.497 e. The van der Waals surface area contributed by atoms with Gasteiger partial charge in [-0.05, 0) is 61.1 Å². The van der Waals surface area contributed by atoms with Crippen LogP contribution in [0.2, 0.25) is 0 Å². The van der Waals surface area contributed by atoms with Gasteiger partial charge in [-0.15, -0.1) is 0 Å². The zero-order chi connectivity index (χ0) is 23.5. The molecule has 2 fully saturated rings. The molecule has 2 aliphatic rings. The summed E-state index contributed by atoms with van der Waals surface area (Å²) in [5, 5.41) is 0. The SMILES string of the molecule is COc1ccc(C2(C(=O)N3CCC[C@H]3c3cncc(Cc4cccc(F)c4)n3)CCCC2)cc1. The number of aromatic nitrogens is 2. The molecule has 0 unspecified atom stereocenters. The molecule has 2 aromatic carbocycles. The Hall–Kier alpha value is -3.28. The lowest BCUT2D eigenvalue weighted by Gasteiger charge is -2.36. The Labute approximate surface area is 200 Å². The highest BCUT2D eigenvalue weighted by Gasteiger charge is 2.47. The fourth-order valence-electron chi connectivity index (χ4n) is 5.63. The van der Waals surface area contributed by atoms with Gasteiger partial charge in [-0.3, -0.25) is 14.8 Å². The number of benzene rings is 2. The number of amides is 1. The molecule has 5 nitrogen and oxygen atoms in total. The van der Waals surface area contributed by atoms with Crippen molar-refractivity contribution in [1.29, 1.82) is 0 Å². The third-order valence-electron chi connectivity index (χ3n) is 7.34. The Morgan fingerprint density at radius 1 is 1.12 bits per heavy atom. The summed E-state index contributed by atoms with van der Waals surface area (Å²) in [6, 6.07) is 14.5. The van der Waals surface area contributed by atoms with Gasteiger partial charge in [-0.25, -0.2) is 4.39 Å². The molecule has 1 amide bonds. The van der Waals surface area contributed by atoms with Crippen LogP contribution in [-0.2, 0) is 16.6 Å². The second-order valence-corrected chi connectivity index (χ2v) is 9.42. The summed E-state index contributed by atoms with van der Waals surface area (Å²) in [7, 11) is 1.66. The summed E-state index contributed by atoms with van der Waals surface area (Å²) in [6.07, 6.45) is 9.69. The second kappa shape index (κ2) is 9.53. The minimum absolute atomic E-state index is 0.0804. The van der Waals surface area contributed by atoms with Crippen LogP contribution in [0.4, 0.5) is 4.39 Å². The predicted molar refractivity (Wildman–Crippen MR) is 128 cm³/mol. The Morgan fingerprint density at radius 3 is 2.65 bits per heavy atom. The molecular formula is C28H30FN3O2. The first-order valence-corrected chi connectivity index (χ1v) is 12.1. The summed E-state index contributed by atoms with van der Waals surface area (Å²) in [5.74, 6) is 0.748. The van der Waals surface area contributed by atoms with Gasteiger partial charge in [-0.2, -0.15) is 0 Å². The maximum atomic E-state index is 14.1. The summed E-state index contributed by atoms with van der Waals surface area (Å²) in [5.41, 5.74) is 3.06. The van der Waals surface area contributed by atoms with Crippen LogP contribution < -0.4 is 4.74 Å². The predicted octanol–water partition coefficient (Wildman–Crippen LogP) is 5.39. The Kier molecular flexibility index (Phi) is 6.31. The normalized spacial score (nSPS) is 19.4. The number of nitrogens with zero attached hydrogens (tertiary/aromatic N) is 3. The van der Waals surface area contributed by atoms with Gasteiger partial charge < -0.3 is 9.64 Å². The number of halogens is 1. The van der Waals surface area contributed by atoms with E-state index in [0.29, 0.717) is 6.42 Å². The molecule has 0 spiro atoms. The average Bonchev–Trinajstić information content (AvgIpc) is 3.55. The molecule has 176 valence electrons. The summed E-state index contributed by atoms with van der Waals surface area (Å²) in [4.78, 5) is 25.4. The van der Waals surface area contributed by atoms with Crippen molar-refractivity contribution < 1.29 is 13.9 Å². The van der Waals surface area contributed by atoms with Crippen molar-refractivity contribution in [3.63, 3.8) is 0 Å². The summed E-state index contributed by atoms with van der Waals surface area (Å²) < 4.78 is 18.9. The molecule has 0 bridgehead atoms. The van der Waals surface area contributed by atoms with E-state index in [4.69, 9.17) is 9.72 Å². The van der Waals surface area contributed by atoms with Gasteiger partial charge >= 0.3 is 0 Å². The van der Waals surface area contributed by atoms with Crippen molar-refractivity contribution >= 4 is 5.91 Å². The first-order chi connectivity index (χ1) is 16.6. The van der Waals surface area contributed by atoms with Crippen molar-refractivity contribution in [2.24, 2.45) is 0 Å². The largest absolute Gasteiger partial charge is 0.497 e. The minimum atomic E-state index is -0.485. The molecule has 1 saturated carbocycles. The van der Waals surface area contributed by atoms with Crippen LogP contribution in [0.25, 0.3) is 0 Å². The highest BCUT2D eigenvalue weighted by Crippen LogP contribution is 2.45. The van der Waals surface area contributed by atoms with Gasteiger partial charge in [0.2, 0.25) is 5.91 Å². The van der Waals surface area contributed by atoms with E-state index in [1.54, 1.807) is 25.6 Å². The Balaban J connectivity index is 1.41. The summed E-state index contributed by atoms with van der Waals surface area (Å²) >= 11 is 0. The maximum absolute atomic E-state index is 14.1. The number of hydrogen-bond donors (Lipinski definition) is 0. The van der Waals surface area contributed by atoms with E-state index in [0.717, 1.165) is 73.3 Å². The van der Waals surface area contributed by atoms with Crippen LogP contribution in [0, 0.1) is 5.82 Å². The standard InChI is InChI=1S/C28H30FN3O2/c1-34-24-11-9-21(10-12-24)28(13-2-3-14-28)27(33)32-15-5-8-26(32)25-19-30-18-23(31-25)17-20-6-4-7-22(29)16-20/h4,6-7,9-12,16,18-19,26H,2-3,5,8,13-15,17H2,1H3/t26-/m0/s1. The average molecular weight is 460 g/mol. The van der Waals surface area contributed by atoms with Crippen LogP contribution >= 0.6 is 0 Å². The van der Waals surface area contributed by atoms with Crippen LogP contribution in [-0.4, -0.2) is 34.4 Å². The molecule has 6 heteroatoms. The summed E-state index contributed by atoms with van der Waals surface area (Å²) in [6.45, 7) is 0.733. The van der Waals surface area contributed by atoms with Crippen molar-refractivity contribution in [3.8, 4) is 5.75 Å². The Morgan fingerprint density at radius 2 is 1.91 bits per heavy atom. The van der Waals surface area contributed by atoms with Crippen molar-refractivity contribution in [3.05, 3.63) is 89.3 Å².